The van der Waals surface area contributed by atoms with Crippen molar-refractivity contribution in [3.63, 3.8) is 0 Å². The number of para-hydroxylation sites is 1. The molecular formula is C17H20N4O3. The van der Waals surface area contributed by atoms with Crippen LogP contribution in [-0.2, 0) is 9.59 Å². The number of allylic oxidation sites excluding steroid dienone is 3. The fraction of sp³-hybridized carbons (Fsp3) is 0.176. The predicted molar refractivity (Wildman–Crippen MR) is 91.0 cm³/mol. The lowest BCUT2D eigenvalue weighted by atomic mass is 9.77. The van der Waals surface area contributed by atoms with E-state index in [0.717, 1.165) is 11.1 Å². The number of hydrogen-bond acceptors (Lipinski definition) is 5. The van der Waals surface area contributed by atoms with Gasteiger partial charge in [0, 0.05) is 5.56 Å². The molecule has 0 fully saturated rings. The smallest absolute Gasteiger partial charge is 0.253 e. The Labute approximate surface area is 140 Å². The average molecular weight is 328 g/mol. The normalized spacial score (nSPS) is 15.2. The molecule has 0 aliphatic heterocycles. The molecule has 0 spiro atoms. The number of nitrogens with two attached hydrogens (primary N) is 2. The molecule has 7 nitrogen and oxygen atoms in total. The topological polar surface area (TPSA) is 119 Å². The number of carbonyl (C=O) groups excluding carboxylic acids is 2. The zero-order valence-corrected chi connectivity index (χ0v) is 13.1. The molecule has 0 radical (unpaired) electrons. The lowest BCUT2D eigenvalue weighted by Crippen LogP contribution is -2.54. The van der Waals surface area contributed by atoms with Gasteiger partial charge in [0.15, 0.2) is 5.41 Å². The number of amides is 2. The lowest BCUT2D eigenvalue weighted by molar-refractivity contribution is -0.140. The minimum atomic E-state index is -1.47. The van der Waals surface area contributed by atoms with Crippen molar-refractivity contribution in [2.75, 3.05) is 6.61 Å². The number of benzene rings is 1. The van der Waals surface area contributed by atoms with Crippen molar-refractivity contribution >= 4 is 17.4 Å². The summed E-state index contributed by atoms with van der Waals surface area (Å²) in [6.45, 7) is 4.01. The molecule has 0 saturated heterocycles. The molecule has 1 aromatic rings. The van der Waals surface area contributed by atoms with E-state index in [9.17, 15) is 9.59 Å². The maximum atomic E-state index is 12.1. The first-order valence-electron chi connectivity index (χ1n) is 7.33. The Balaban J connectivity index is 2.34. The molecule has 2 amide bonds. The summed E-state index contributed by atoms with van der Waals surface area (Å²) in [6, 6.07) is 7.48. The van der Waals surface area contributed by atoms with Gasteiger partial charge in [0.25, 0.3) is 11.8 Å². The van der Waals surface area contributed by atoms with Gasteiger partial charge in [0.05, 0.1) is 0 Å². The number of nitrogens with one attached hydrogen (secondary N) is 2. The third-order valence-corrected chi connectivity index (χ3v) is 3.82. The summed E-state index contributed by atoms with van der Waals surface area (Å²) in [5, 5.41) is 0. The molecule has 7 heteroatoms. The molecular weight excluding hydrogens is 308 g/mol. The molecule has 0 unspecified atom stereocenters. The molecule has 0 aromatic heterocycles. The van der Waals surface area contributed by atoms with Crippen LogP contribution in [0, 0.1) is 5.41 Å². The fourth-order valence-corrected chi connectivity index (χ4v) is 2.52. The van der Waals surface area contributed by atoms with Crippen LogP contribution >= 0.6 is 0 Å². The number of rotatable bonds is 6. The second kappa shape index (κ2) is 7.58. The van der Waals surface area contributed by atoms with Crippen LogP contribution in [0.1, 0.15) is 12.0 Å². The van der Waals surface area contributed by atoms with Crippen molar-refractivity contribution in [1.29, 1.82) is 0 Å². The molecule has 1 aliphatic rings. The van der Waals surface area contributed by atoms with Crippen LogP contribution in [0.15, 0.2) is 55.1 Å². The van der Waals surface area contributed by atoms with Gasteiger partial charge in [-0.2, -0.15) is 0 Å². The van der Waals surface area contributed by atoms with Crippen molar-refractivity contribution in [2.45, 2.75) is 6.42 Å². The predicted octanol–water partition coefficient (Wildman–Crippen LogP) is 0.561. The van der Waals surface area contributed by atoms with Gasteiger partial charge in [-0.3, -0.25) is 20.4 Å². The first-order chi connectivity index (χ1) is 11.6. The monoisotopic (exact) mass is 328 g/mol. The molecule has 6 N–H and O–H groups in total. The van der Waals surface area contributed by atoms with E-state index in [-0.39, 0.29) is 6.42 Å². The summed E-state index contributed by atoms with van der Waals surface area (Å²) in [4.78, 5) is 24.1. The van der Waals surface area contributed by atoms with E-state index < -0.39 is 17.2 Å². The van der Waals surface area contributed by atoms with Crippen LogP contribution < -0.4 is 27.3 Å². The van der Waals surface area contributed by atoms with Gasteiger partial charge in [-0.05, 0) is 18.1 Å². The van der Waals surface area contributed by atoms with Gasteiger partial charge in [-0.25, -0.2) is 11.7 Å². The number of carbonyl (C=O) groups is 2. The van der Waals surface area contributed by atoms with Crippen molar-refractivity contribution in [1.82, 2.24) is 10.9 Å². The summed E-state index contributed by atoms with van der Waals surface area (Å²) in [6.07, 6.45) is 6.74. The molecule has 1 aliphatic carbocycles. The van der Waals surface area contributed by atoms with Gasteiger partial charge in [0.2, 0.25) is 0 Å². The zero-order chi connectivity index (χ0) is 17.6. The summed E-state index contributed by atoms with van der Waals surface area (Å²) in [5.74, 6) is 9.83. The van der Waals surface area contributed by atoms with Gasteiger partial charge in [-0.15, -0.1) is 0 Å². The highest BCUT2D eigenvalue weighted by molar-refractivity contribution is 6.08. The van der Waals surface area contributed by atoms with E-state index in [4.69, 9.17) is 16.4 Å². The summed E-state index contributed by atoms with van der Waals surface area (Å²) in [7, 11) is 0. The maximum Gasteiger partial charge on any atom is 0.253 e. The van der Waals surface area contributed by atoms with Gasteiger partial charge >= 0.3 is 0 Å². The minimum Gasteiger partial charge on any atom is -0.489 e. The van der Waals surface area contributed by atoms with E-state index in [1.54, 1.807) is 18.2 Å². The largest absolute Gasteiger partial charge is 0.489 e. The Bertz CT molecular complexity index is 694. The molecule has 0 atom stereocenters. The second-order valence-corrected chi connectivity index (χ2v) is 5.21. The van der Waals surface area contributed by atoms with E-state index >= 15 is 0 Å². The Kier molecular flexibility index (Phi) is 5.51. The highest BCUT2D eigenvalue weighted by atomic mass is 16.5. The Hall–Kier alpha value is -2.90. The molecule has 0 saturated carbocycles. The second-order valence-electron chi connectivity index (χ2n) is 5.21. The quantitative estimate of drug-likeness (QED) is 0.200. The standard InChI is InChI=1S/C17H20N4O3/c1-2-11-24-14-6-4-3-5-13(14)12-7-9-17(10-8-12,15(22)20-18)16(23)21-19/h2-9H,1,10-11,18-19H2,(H,20,22)(H,21,23). The summed E-state index contributed by atoms with van der Waals surface area (Å²) >= 11 is 0. The van der Waals surface area contributed by atoms with Crippen LogP contribution in [0.4, 0.5) is 0 Å². The van der Waals surface area contributed by atoms with Crippen molar-refractivity contribution in [3.05, 3.63) is 60.7 Å². The van der Waals surface area contributed by atoms with Crippen LogP contribution in [0.5, 0.6) is 5.75 Å². The molecule has 126 valence electrons. The third-order valence-electron chi connectivity index (χ3n) is 3.82. The van der Waals surface area contributed by atoms with E-state index in [1.165, 1.54) is 6.08 Å². The van der Waals surface area contributed by atoms with Gasteiger partial charge in [-0.1, -0.05) is 49.1 Å². The van der Waals surface area contributed by atoms with E-state index in [1.807, 2.05) is 35.1 Å². The highest BCUT2D eigenvalue weighted by Crippen LogP contribution is 2.36. The minimum absolute atomic E-state index is 0.126. The molecule has 1 aromatic carbocycles. The van der Waals surface area contributed by atoms with Crippen LogP contribution in [0.25, 0.3) is 5.57 Å². The third kappa shape index (κ3) is 3.22. The maximum absolute atomic E-state index is 12.1. The molecule has 0 bridgehead atoms. The van der Waals surface area contributed by atoms with Crippen molar-refractivity contribution in [2.24, 2.45) is 17.1 Å². The highest BCUT2D eigenvalue weighted by Gasteiger charge is 2.43. The number of hydrogen-bond donors (Lipinski definition) is 4. The van der Waals surface area contributed by atoms with Gasteiger partial charge in [0.1, 0.15) is 12.4 Å². The lowest BCUT2D eigenvalue weighted by Gasteiger charge is -2.28. The van der Waals surface area contributed by atoms with Crippen LogP contribution in [0.2, 0.25) is 0 Å². The fourth-order valence-electron chi connectivity index (χ4n) is 2.52. The van der Waals surface area contributed by atoms with Gasteiger partial charge < -0.3 is 4.74 Å². The van der Waals surface area contributed by atoms with E-state index in [2.05, 4.69) is 6.58 Å². The number of ether oxygens (including phenoxy) is 1. The Morgan fingerprint density at radius 3 is 2.46 bits per heavy atom. The van der Waals surface area contributed by atoms with Crippen LogP contribution in [0.3, 0.4) is 0 Å². The van der Waals surface area contributed by atoms with Crippen molar-refractivity contribution in [3.8, 4) is 5.75 Å². The van der Waals surface area contributed by atoms with E-state index in [0.29, 0.717) is 12.4 Å². The van der Waals surface area contributed by atoms with Crippen LogP contribution in [-0.4, -0.2) is 18.4 Å². The summed E-state index contributed by atoms with van der Waals surface area (Å²) in [5.41, 5.74) is 4.24. The first kappa shape index (κ1) is 17.5. The number of hydrazine groups is 2. The molecule has 0 heterocycles. The molecule has 24 heavy (non-hydrogen) atoms. The van der Waals surface area contributed by atoms with Crippen molar-refractivity contribution < 1.29 is 14.3 Å². The summed E-state index contributed by atoms with van der Waals surface area (Å²) < 4.78 is 5.64. The Morgan fingerprint density at radius 2 is 1.92 bits per heavy atom. The molecule has 2 rings (SSSR count). The first-order valence-corrected chi connectivity index (χ1v) is 7.33. The zero-order valence-electron chi connectivity index (χ0n) is 13.1. The Morgan fingerprint density at radius 1 is 1.25 bits per heavy atom. The SMILES string of the molecule is C=CCOc1ccccc1C1=CCC(C(=O)NN)(C(=O)NN)C=C1. The average Bonchev–Trinajstić information content (AvgIpc) is 2.65.